The molecular formula is C11H14F2N2O2. The van der Waals surface area contributed by atoms with Gasteiger partial charge in [-0.3, -0.25) is 4.98 Å². The summed E-state index contributed by atoms with van der Waals surface area (Å²) >= 11 is 0. The second-order valence-corrected chi connectivity index (χ2v) is 4.48. The number of nitrogens with zero attached hydrogens (tertiary/aromatic N) is 1. The molecule has 1 amide bonds. The predicted octanol–water partition coefficient (Wildman–Crippen LogP) is 2.91. The molecule has 1 heterocycles. The number of rotatable bonds is 2. The van der Waals surface area contributed by atoms with Crippen LogP contribution in [0.1, 0.15) is 32.9 Å². The number of carbonyl (C=O) groups is 1. The smallest absolute Gasteiger partial charge is 0.410 e. The third-order valence-electron chi connectivity index (χ3n) is 1.66. The molecule has 17 heavy (non-hydrogen) atoms. The van der Waals surface area contributed by atoms with Crippen LogP contribution in [0.4, 0.5) is 13.6 Å². The molecule has 1 aromatic rings. The third kappa shape index (κ3) is 4.76. The highest BCUT2D eigenvalue weighted by molar-refractivity contribution is 5.71. The van der Waals surface area contributed by atoms with Crippen LogP contribution in [0, 0.1) is 0 Å². The second kappa shape index (κ2) is 5.07. The van der Waals surface area contributed by atoms with Gasteiger partial charge < -0.3 is 10.1 Å². The van der Waals surface area contributed by atoms with Crippen LogP contribution >= 0.6 is 0 Å². The Kier molecular flexibility index (Phi) is 3.98. The molecule has 4 nitrogen and oxygen atoms in total. The number of alkyl halides is 2. The van der Waals surface area contributed by atoms with Crippen molar-refractivity contribution in [3.8, 4) is 5.75 Å². The standard InChI is InChI=1S/C11H14F2N2O2/c1-11(2,3)15-10(16)17-7-4-5-14-8(6-7)9(12)13/h4-6,9H,1-3H3,(H,15,16). The Morgan fingerprint density at radius 3 is 2.65 bits per heavy atom. The van der Waals surface area contributed by atoms with Gasteiger partial charge in [0.2, 0.25) is 0 Å². The molecule has 0 aromatic carbocycles. The van der Waals surface area contributed by atoms with Crippen LogP contribution in [-0.2, 0) is 0 Å². The number of carbonyl (C=O) groups excluding carboxylic acids is 1. The van der Waals surface area contributed by atoms with Crippen molar-refractivity contribution < 1.29 is 18.3 Å². The summed E-state index contributed by atoms with van der Waals surface area (Å²) in [7, 11) is 0. The lowest BCUT2D eigenvalue weighted by Gasteiger charge is -2.19. The lowest BCUT2D eigenvalue weighted by atomic mass is 10.1. The van der Waals surface area contributed by atoms with Gasteiger partial charge in [0.15, 0.2) is 0 Å². The van der Waals surface area contributed by atoms with Crippen LogP contribution in [0.25, 0.3) is 0 Å². The van der Waals surface area contributed by atoms with E-state index < -0.39 is 23.8 Å². The highest BCUT2D eigenvalue weighted by atomic mass is 19.3. The van der Waals surface area contributed by atoms with Gasteiger partial charge in [0.25, 0.3) is 6.43 Å². The fraction of sp³-hybridized carbons (Fsp3) is 0.455. The Morgan fingerprint density at radius 2 is 2.12 bits per heavy atom. The van der Waals surface area contributed by atoms with Crippen LogP contribution in [0.5, 0.6) is 5.75 Å². The molecule has 0 fully saturated rings. The monoisotopic (exact) mass is 244 g/mol. The minimum absolute atomic E-state index is 0.0389. The van der Waals surface area contributed by atoms with Gasteiger partial charge in [0.05, 0.1) is 0 Å². The predicted molar refractivity (Wildman–Crippen MR) is 58.1 cm³/mol. The van der Waals surface area contributed by atoms with Gasteiger partial charge >= 0.3 is 6.09 Å². The Balaban J connectivity index is 2.69. The summed E-state index contributed by atoms with van der Waals surface area (Å²) in [5.41, 5.74) is -0.874. The van der Waals surface area contributed by atoms with Crippen LogP contribution < -0.4 is 10.1 Å². The van der Waals surface area contributed by atoms with E-state index in [0.29, 0.717) is 0 Å². The molecule has 0 radical (unpaired) electrons. The van der Waals surface area contributed by atoms with Crippen molar-refractivity contribution in [2.45, 2.75) is 32.7 Å². The zero-order chi connectivity index (χ0) is 13.1. The first-order chi connectivity index (χ1) is 7.78. The van der Waals surface area contributed by atoms with Crippen molar-refractivity contribution >= 4 is 6.09 Å². The molecule has 0 spiro atoms. The highest BCUT2D eigenvalue weighted by Gasteiger charge is 2.16. The SMILES string of the molecule is CC(C)(C)NC(=O)Oc1ccnc(C(F)F)c1. The first-order valence-electron chi connectivity index (χ1n) is 5.02. The van der Waals surface area contributed by atoms with Gasteiger partial charge in [-0.15, -0.1) is 0 Å². The minimum atomic E-state index is -2.69. The van der Waals surface area contributed by atoms with Crippen molar-refractivity contribution in [2.24, 2.45) is 0 Å². The number of halogens is 2. The van der Waals surface area contributed by atoms with Gasteiger partial charge in [-0.1, -0.05) is 0 Å². The highest BCUT2D eigenvalue weighted by Crippen LogP contribution is 2.20. The van der Waals surface area contributed by atoms with Gasteiger partial charge in [0, 0.05) is 17.8 Å². The fourth-order valence-corrected chi connectivity index (χ4v) is 1.05. The number of pyridine rings is 1. The summed E-state index contributed by atoms with van der Waals surface area (Å²) in [5, 5.41) is 2.55. The maximum Gasteiger partial charge on any atom is 0.413 e. The zero-order valence-corrected chi connectivity index (χ0v) is 9.83. The van der Waals surface area contributed by atoms with E-state index >= 15 is 0 Å². The van der Waals surface area contributed by atoms with E-state index in [1.807, 2.05) is 0 Å². The maximum absolute atomic E-state index is 12.3. The van der Waals surface area contributed by atoms with E-state index in [4.69, 9.17) is 4.74 Å². The molecule has 1 rings (SSSR count). The van der Waals surface area contributed by atoms with Crippen LogP contribution in [0.2, 0.25) is 0 Å². The Morgan fingerprint density at radius 1 is 1.47 bits per heavy atom. The van der Waals surface area contributed by atoms with E-state index in [0.717, 1.165) is 6.07 Å². The second-order valence-electron chi connectivity index (χ2n) is 4.48. The lowest BCUT2D eigenvalue weighted by molar-refractivity contribution is 0.145. The van der Waals surface area contributed by atoms with Gasteiger partial charge in [0.1, 0.15) is 11.4 Å². The molecule has 0 bridgehead atoms. The van der Waals surface area contributed by atoms with Gasteiger partial charge in [-0.2, -0.15) is 0 Å². The summed E-state index contributed by atoms with van der Waals surface area (Å²) in [6.45, 7) is 5.35. The van der Waals surface area contributed by atoms with Gasteiger partial charge in [-0.25, -0.2) is 13.6 Å². The molecule has 0 saturated heterocycles. The molecule has 0 saturated carbocycles. The Hall–Kier alpha value is -1.72. The first-order valence-corrected chi connectivity index (χ1v) is 5.02. The maximum atomic E-state index is 12.3. The van der Waals surface area contributed by atoms with Gasteiger partial charge in [-0.05, 0) is 26.8 Å². The van der Waals surface area contributed by atoms with Crippen molar-refractivity contribution in [3.05, 3.63) is 24.0 Å². The summed E-state index contributed by atoms with van der Waals surface area (Å²) in [6, 6.07) is 2.38. The van der Waals surface area contributed by atoms with E-state index in [1.54, 1.807) is 20.8 Å². The molecule has 0 unspecified atom stereocenters. The fourth-order valence-electron chi connectivity index (χ4n) is 1.05. The molecule has 0 aliphatic heterocycles. The molecule has 6 heteroatoms. The lowest BCUT2D eigenvalue weighted by Crippen LogP contribution is -2.42. The molecule has 1 N–H and O–H groups in total. The molecule has 1 aromatic heterocycles. The van der Waals surface area contributed by atoms with Crippen molar-refractivity contribution in [1.82, 2.24) is 10.3 Å². The van der Waals surface area contributed by atoms with E-state index in [-0.39, 0.29) is 5.75 Å². The average molecular weight is 244 g/mol. The summed E-state index contributed by atoms with van der Waals surface area (Å²) in [6.07, 6.45) is -2.21. The van der Waals surface area contributed by atoms with Crippen molar-refractivity contribution in [3.63, 3.8) is 0 Å². The number of nitrogens with one attached hydrogen (secondary N) is 1. The largest absolute Gasteiger partial charge is 0.413 e. The third-order valence-corrected chi connectivity index (χ3v) is 1.66. The van der Waals surface area contributed by atoms with E-state index in [1.165, 1.54) is 12.3 Å². The molecule has 0 aliphatic carbocycles. The van der Waals surface area contributed by atoms with Crippen molar-refractivity contribution in [1.29, 1.82) is 0 Å². The van der Waals surface area contributed by atoms with Crippen LogP contribution in [0.3, 0.4) is 0 Å². The molecule has 0 aliphatic rings. The summed E-state index contributed by atoms with van der Waals surface area (Å²) in [5.74, 6) is 0.0389. The van der Waals surface area contributed by atoms with E-state index in [2.05, 4.69) is 10.3 Å². The number of amides is 1. The number of aromatic nitrogens is 1. The first kappa shape index (κ1) is 13.3. The zero-order valence-electron chi connectivity index (χ0n) is 9.83. The Bertz CT molecular complexity index is 403. The molecule has 0 atom stereocenters. The van der Waals surface area contributed by atoms with Crippen LogP contribution in [0.15, 0.2) is 18.3 Å². The summed E-state index contributed by atoms with van der Waals surface area (Å²) < 4.78 is 29.5. The number of hydrogen-bond acceptors (Lipinski definition) is 3. The van der Waals surface area contributed by atoms with Crippen LogP contribution in [-0.4, -0.2) is 16.6 Å². The quantitative estimate of drug-likeness (QED) is 0.870. The molecule has 94 valence electrons. The topological polar surface area (TPSA) is 51.2 Å². The normalized spacial score (nSPS) is 11.4. The Labute approximate surface area is 98.0 Å². The number of ether oxygens (including phenoxy) is 1. The van der Waals surface area contributed by atoms with E-state index in [9.17, 15) is 13.6 Å². The summed E-state index contributed by atoms with van der Waals surface area (Å²) in [4.78, 5) is 14.8. The minimum Gasteiger partial charge on any atom is -0.410 e. The number of hydrogen-bond donors (Lipinski definition) is 1. The van der Waals surface area contributed by atoms with Crippen molar-refractivity contribution in [2.75, 3.05) is 0 Å². The molecular weight excluding hydrogens is 230 g/mol. The average Bonchev–Trinajstić information content (AvgIpc) is 2.14.